The summed E-state index contributed by atoms with van der Waals surface area (Å²) in [6, 6.07) is 3.00. The number of nitrogens with zero attached hydrogens (tertiary/aromatic N) is 1. The van der Waals surface area contributed by atoms with Crippen molar-refractivity contribution in [1.82, 2.24) is 4.98 Å². The monoisotopic (exact) mass is 361 g/mol. The SMILES string of the molecule is Nc1ncc(C(=O)Nc2c(F)cc(F)cc2Br)cc1Cl. The van der Waals surface area contributed by atoms with Gasteiger partial charge in [0.2, 0.25) is 0 Å². The molecule has 0 aliphatic heterocycles. The van der Waals surface area contributed by atoms with Gasteiger partial charge in [0.25, 0.3) is 5.91 Å². The molecule has 8 heteroatoms. The third-order valence-corrected chi connectivity index (χ3v) is 3.31. The van der Waals surface area contributed by atoms with Gasteiger partial charge in [-0.2, -0.15) is 0 Å². The predicted molar refractivity (Wildman–Crippen MR) is 75.7 cm³/mol. The first-order valence-electron chi connectivity index (χ1n) is 5.25. The highest BCUT2D eigenvalue weighted by atomic mass is 79.9. The van der Waals surface area contributed by atoms with Crippen LogP contribution in [-0.4, -0.2) is 10.9 Å². The number of amides is 1. The minimum absolute atomic E-state index is 0.0809. The summed E-state index contributed by atoms with van der Waals surface area (Å²) < 4.78 is 26.6. The topological polar surface area (TPSA) is 68.0 Å². The number of nitrogen functional groups attached to an aromatic ring is 1. The lowest BCUT2D eigenvalue weighted by Gasteiger charge is -2.09. The number of carbonyl (C=O) groups excluding carboxylic acids is 1. The highest BCUT2D eigenvalue weighted by molar-refractivity contribution is 9.10. The average Bonchev–Trinajstić information content (AvgIpc) is 2.36. The van der Waals surface area contributed by atoms with Crippen LogP contribution in [0.15, 0.2) is 28.9 Å². The number of carbonyl (C=O) groups is 1. The number of nitrogens with one attached hydrogen (secondary N) is 1. The molecular weight excluding hydrogens is 356 g/mol. The number of hydrogen-bond donors (Lipinski definition) is 2. The Morgan fingerprint density at radius 1 is 1.35 bits per heavy atom. The molecule has 4 nitrogen and oxygen atoms in total. The molecule has 0 saturated carbocycles. The van der Waals surface area contributed by atoms with E-state index in [0.717, 1.165) is 6.07 Å². The quantitative estimate of drug-likeness (QED) is 0.857. The zero-order chi connectivity index (χ0) is 14.9. The van der Waals surface area contributed by atoms with E-state index >= 15 is 0 Å². The normalized spacial score (nSPS) is 10.4. The molecule has 0 unspecified atom stereocenters. The molecule has 0 aliphatic rings. The van der Waals surface area contributed by atoms with Gasteiger partial charge in [-0.1, -0.05) is 11.6 Å². The number of hydrogen-bond acceptors (Lipinski definition) is 3. The smallest absolute Gasteiger partial charge is 0.257 e. The number of halogens is 4. The van der Waals surface area contributed by atoms with Crippen molar-refractivity contribution in [3.05, 3.63) is 51.1 Å². The largest absolute Gasteiger partial charge is 0.382 e. The van der Waals surface area contributed by atoms with Crippen LogP contribution < -0.4 is 11.1 Å². The van der Waals surface area contributed by atoms with Gasteiger partial charge >= 0.3 is 0 Å². The average molecular weight is 363 g/mol. The Labute approximate surface area is 126 Å². The van der Waals surface area contributed by atoms with E-state index in [4.69, 9.17) is 17.3 Å². The van der Waals surface area contributed by atoms with Gasteiger partial charge in [0, 0.05) is 16.7 Å². The van der Waals surface area contributed by atoms with Crippen molar-refractivity contribution in [3.8, 4) is 0 Å². The first-order valence-corrected chi connectivity index (χ1v) is 6.42. The van der Waals surface area contributed by atoms with Gasteiger partial charge in [-0.15, -0.1) is 0 Å². The number of pyridine rings is 1. The van der Waals surface area contributed by atoms with Crippen molar-refractivity contribution >= 4 is 44.9 Å². The van der Waals surface area contributed by atoms with Crippen molar-refractivity contribution in [1.29, 1.82) is 0 Å². The Kier molecular flexibility index (Phi) is 4.20. The number of rotatable bonds is 2. The molecule has 2 rings (SSSR count). The second kappa shape index (κ2) is 5.72. The second-order valence-corrected chi connectivity index (χ2v) is 5.05. The molecule has 0 saturated heterocycles. The summed E-state index contributed by atoms with van der Waals surface area (Å²) in [7, 11) is 0. The fourth-order valence-corrected chi connectivity index (χ4v) is 2.09. The Morgan fingerprint density at radius 2 is 2.05 bits per heavy atom. The Morgan fingerprint density at radius 3 is 2.65 bits per heavy atom. The molecule has 0 spiro atoms. The molecule has 0 aliphatic carbocycles. The minimum Gasteiger partial charge on any atom is -0.382 e. The van der Waals surface area contributed by atoms with Crippen LogP contribution in [0.1, 0.15) is 10.4 Å². The summed E-state index contributed by atoms with van der Waals surface area (Å²) >= 11 is 8.71. The van der Waals surface area contributed by atoms with Crippen molar-refractivity contribution in [3.63, 3.8) is 0 Å². The van der Waals surface area contributed by atoms with E-state index in [-0.39, 0.29) is 26.6 Å². The van der Waals surface area contributed by atoms with Crippen molar-refractivity contribution in [2.45, 2.75) is 0 Å². The van der Waals surface area contributed by atoms with Gasteiger partial charge in [-0.05, 0) is 28.1 Å². The summed E-state index contributed by atoms with van der Waals surface area (Å²) in [6.07, 6.45) is 1.20. The maximum absolute atomic E-state index is 13.6. The Bertz CT molecular complexity index is 673. The van der Waals surface area contributed by atoms with Gasteiger partial charge in [0.05, 0.1) is 16.3 Å². The summed E-state index contributed by atoms with van der Waals surface area (Å²) in [6.45, 7) is 0. The number of aromatic nitrogens is 1. The predicted octanol–water partition coefficient (Wildman–Crippen LogP) is 3.61. The lowest BCUT2D eigenvalue weighted by molar-refractivity contribution is 0.102. The van der Waals surface area contributed by atoms with Crippen LogP contribution >= 0.6 is 27.5 Å². The van der Waals surface area contributed by atoms with Crippen LogP contribution in [0.2, 0.25) is 5.02 Å². The van der Waals surface area contributed by atoms with Gasteiger partial charge in [0.1, 0.15) is 11.6 Å². The summed E-state index contributed by atoms with van der Waals surface area (Å²) in [5.74, 6) is -2.23. The van der Waals surface area contributed by atoms with Crippen molar-refractivity contribution in [2.75, 3.05) is 11.1 Å². The molecule has 1 heterocycles. The van der Waals surface area contributed by atoms with E-state index in [1.165, 1.54) is 12.3 Å². The third-order valence-electron chi connectivity index (χ3n) is 2.38. The molecular formula is C12H7BrClF2N3O. The number of benzene rings is 1. The first kappa shape index (κ1) is 14.7. The van der Waals surface area contributed by atoms with E-state index < -0.39 is 17.5 Å². The molecule has 20 heavy (non-hydrogen) atoms. The molecule has 0 radical (unpaired) electrons. The summed E-state index contributed by atoms with van der Waals surface area (Å²) in [5.41, 5.74) is 5.34. The second-order valence-electron chi connectivity index (χ2n) is 3.79. The van der Waals surface area contributed by atoms with Crippen LogP contribution in [0.3, 0.4) is 0 Å². The van der Waals surface area contributed by atoms with Crippen LogP contribution in [0.5, 0.6) is 0 Å². The van der Waals surface area contributed by atoms with E-state index in [1.54, 1.807) is 0 Å². The first-order chi connectivity index (χ1) is 9.38. The van der Waals surface area contributed by atoms with Crippen molar-refractivity contribution < 1.29 is 13.6 Å². The molecule has 0 bridgehead atoms. The zero-order valence-corrected chi connectivity index (χ0v) is 12.1. The third kappa shape index (κ3) is 3.05. The standard InChI is InChI=1S/C12H7BrClF2N3O/c13-7-2-6(15)3-9(16)10(7)19-12(20)5-1-8(14)11(17)18-4-5/h1-4H,(H2,17,18)(H,19,20). The Hall–Kier alpha value is -1.73. The molecule has 1 aromatic carbocycles. The Balaban J connectivity index is 2.30. The highest BCUT2D eigenvalue weighted by Gasteiger charge is 2.15. The fourth-order valence-electron chi connectivity index (χ4n) is 1.42. The highest BCUT2D eigenvalue weighted by Crippen LogP contribution is 2.27. The minimum atomic E-state index is -0.903. The van der Waals surface area contributed by atoms with E-state index in [2.05, 4.69) is 26.2 Å². The molecule has 104 valence electrons. The fraction of sp³-hybridized carbons (Fsp3) is 0. The lowest BCUT2D eigenvalue weighted by Crippen LogP contribution is -2.14. The summed E-state index contributed by atoms with van der Waals surface area (Å²) in [5, 5.41) is 2.41. The molecule has 3 N–H and O–H groups in total. The van der Waals surface area contributed by atoms with Crippen LogP contribution in [0, 0.1) is 11.6 Å². The number of nitrogens with two attached hydrogens (primary N) is 1. The van der Waals surface area contributed by atoms with Crippen LogP contribution in [0.4, 0.5) is 20.3 Å². The van der Waals surface area contributed by atoms with Crippen LogP contribution in [-0.2, 0) is 0 Å². The van der Waals surface area contributed by atoms with E-state index in [1.807, 2.05) is 0 Å². The van der Waals surface area contributed by atoms with Gasteiger partial charge < -0.3 is 11.1 Å². The molecule has 1 amide bonds. The molecule has 0 fully saturated rings. The maximum Gasteiger partial charge on any atom is 0.257 e. The molecule has 0 atom stereocenters. The van der Waals surface area contributed by atoms with E-state index in [0.29, 0.717) is 6.07 Å². The lowest BCUT2D eigenvalue weighted by atomic mass is 10.2. The molecule has 1 aromatic heterocycles. The molecule has 2 aromatic rings. The van der Waals surface area contributed by atoms with Gasteiger partial charge in [-0.3, -0.25) is 4.79 Å². The van der Waals surface area contributed by atoms with Crippen molar-refractivity contribution in [2.24, 2.45) is 0 Å². The van der Waals surface area contributed by atoms with Gasteiger partial charge in [-0.25, -0.2) is 13.8 Å². The maximum atomic E-state index is 13.6. The number of anilines is 2. The van der Waals surface area contributed by atoms with E-state index in [9.17, 15) is 13.6 Å². The zero-order valence-electron chi connectivity index (χ0n) is 9.75. The summed E-state index contributed by atoms with van der Waals surface area (Å²) in [4.78, 5) is 15.7. The van der Waals surface area contributed by atoms with Crippen LogP contribution in [0.25, 0.3) is 0 Å². The van der Waals surface area contributed by atoms with Gasteiger partial charge in [0.15, 0.2) is 5.82 Å².